The van der Waals surface area contributed by atoms with E-state index in [0.717, 1.165) is 5.39 Å². The van der Waals surface area contributed by atoms with E-state index in [0.29, 0.717) is 22.5 Å². The fourth-order valence-electron chi connectivity index (χ4n) is 5.08. The van der Waals surface area contributed by atoms with E-state index in [2.05, 4.69) is 25.4 Å². The van der Waals surface area contributed by atoms with Crippen LogP contribution in [-0.4, -0.2) is 80.7 Å². The predicted molar refractivity (Wildman–Crippen MR) is 175 cm³/mol. The van der Waals surface area contributed by atoms with E-state index in [1.807, 2.05) is 39.0 Å². The van der Waals surface area contributed by atoms with Gasteiger partial charge in [-0.3, -0.25) is 13.9 Å². The second kappa shape index (κ2) is 13.6. The summed E-state index contributed by atoms with van der Waals surface area (Å²) in [7, 11) is -2.81. The highest BCUT2D eigenvalue weighted by molar-refractivity contribution is 7.52. The molecule has 47 heavy (non-hydrogen) atoms. The summed E-state index contributed by atoms with van der Waals surface area (Å²) in [6.07, 6.45) is -3.93. The summed E-state index contributed by atoms with van der Waals surface area (Å²) in [5.41, 5.74) is -1.57. The Labute approximate surface area is 276 Å². The summed E-state index contributed by atoms with van der Waals surface area (Å²) < 4.78 is 55.1. The molecule has 3 N–H and O–H groups in total. The van der Waals surface area contributed by atoms with Gasteiger partial charge in [0.2, 0.25) is 0 Å². The first-order valence-electron chi connectivity index (χ1n) is 15.0. The number of halogens is 2. The van der Waals surface area contributed by atoms with Crippen LogP contribution >= 0.6 is 19.3 Å². The molecule has 1 aliphatic heterocycles. The Bertz CT molecular complexity index is 1800. The zero-order valence-corrected chi connectivity index (χ0v) is 28.6. The smallest absolute Gasteiger partial charge is 0.459 e. The third-order valence-electron chi connectivity index (χ3n) is 7.54. The van der Waals surface area contributed by atoms with Crippen LogP contribution in [0.3, 0.4) is 0 Å². The zero-order valence-electron chi connectivity index (χ0n) is 26.9. The van der Waals surface area contributed by atoms with Gasteiger partial charge < -0.3 is 24.4 Å². The van der Waals surface area contributed by atoms with E-state index >= 15 is 4.39 Å². The number of alkyl halides is 2. The Morgan fingerprint density at radius 1 is 1.23 bits per heavy atom. The molecule has 1 saturated heterocycles. The van der Waals surface area contributed by atoms with Gasteiger partial charge in [-0.15, -0.1) is 11.6 Å². The number of aliphatic hydroxyl groups excluding tert-OH is 1. The van der Waals surface area contributed by atoms with Gasteiger partial charge in [0.05, 0.1) is 25.4 Å². The number of benzene rings is 2. The first-order valence-corrected chi connectivity index (χ1v) is 17.1. The van der Waals surface area contributed by atoms with E-state index in [9.17, 15) is 14.5 Å². The highest BCUT2D eigenvalue weighted by Gasteiger charge is 2.57. The Hall–Kier alpha value is -3.39. The average Bonchev–Trinajstić information content (AvgIpc) is 3.56. The molecule has 0 saturated carbocycles. The lowest BCUT2D eigenvalue weighted by Gasteiger charge is -2.32. The molecule has 0 spiro atoms. The number of ether oxygens (including phenoxy) is 2. The van der Waals surface area contributed by atoms with Crippen LogP contribution in [0.2, 0.25) is 0 Å². The summed E-state index contributed by atoms with van der Waals surface area (Å²) in [5.74, 6) is -0.116. The van der Waals surface area contributed by atoms with Crippen LogP contribution in [-0.2, 0) is 23.4 Å². The minimum Gasteiger partial charge on any atom is -0.464 e. The number of carbonyl (C=O) groups excluding carboxylic acids is 1. The van der Waals surface area contributed by atoms with Crippen molar-refractivity contribution in [3.05, 3.63) is 54.6 Å². The lowest BCUT2D eigenvalue weighted by molar-refractivity contribution is -0.148. The van der Waals surface area contributed by atoms with Crippen LogP contribution in [0, 0.1) is 12.3 Å². The van der Waals surface area contributed by atoms with Crippen molar-refractivity contribution in [2.45, 2.75) is 64.8 Å². The van der Waals surface area contributed by atoms with Crippen molar-refractivity contribution in [2.24, 2.45) is 5.41 Å². The van der Waals surface area contributed by atoms with Crippen molar-refractivity contribution in [3.63, 3.8) is 0 Å². The van der Waals surface area contributed by atoms with Gasteiger partial charge in [0, 0.05) is 12.4 Å². The third kappa shape index (κ3) is 7.38. The number of hydrogen-bond acceptors (Lipinski definition) is 11. The maximum absolute atomic E-state index is 15.9. The van der Waals surface area contributed by atoms with Crippen LogP contribution < -0.4 is 14.9 Å². The fourth-order valence-corrected chi connectivity index (χ4v) is 6.94. The molecule has 0 radical (unpaired) electrons. The molecule has 0 aliphatic carbocycles. The maximum Gasteiger partial charge on any atom is 0.459 e. The van der Waals surface area contributed by atoms with Gasteiger partial charge in [-0.25, -0.2) is 23.9 Å². The van der Waals surface area contributed by atoms with Crippen LogP contribution in [0.1, 0.15) is 39.7 Å². The standard InChI is InChI=1S/C31H39ClFN6O7P/c1-18(29(41)43-15-30(3,4)5)38-47(42,46-22-13-9-11-20-10-7-8-12-21(20)22)44-16-31(14-32)25(40)23(33)28(45-31)39-17-35-24-26(34-6)36-19(2)37-27(24)39/h7-13,17-18,23,25,28,40H,14-16H2,1-6H3,(H,38,42)(H,34,36,37)/t18-,23-,25+,28-,31-,47?/m1/s1. The highest BCUT2D eigenvalue weighted by atomic mass is 35.5. The molecule has 2 aromatic heterocycles. The quantitative estimate of drug-likeness (QED) is 0.100. The van der Waals surface area contributed by atoms with Gasteiger partial charge in [0.25, 0.3) is 0 Å². The molecule has 1 aliphatic rings. The number of rotatable bonds is 12. The number of carbonyl (C=O) groups is 1. The van der Waals surface area contributed by atoms with Crippen molar-refractivity contribution < 1.29 is 37.4 Å². The molecule has 0 amide bonds. The minimum absolute atomic E-state index is 0.116. The minimum atomic E-state index is -4.48. The van der Waals surface area contributed by atoms with Gasteiger partial charge >= 0.3 is 13.7 Å². The number of hydrogen-bond donors (Lipinski definition) is 3. The van der Waals surface area contributed by atoms with Crippen LogP contribution in [0.25, 0.3) is 21.9 Å². The molecule has 3 heterocycles. The van der Waals surface area contributed by atoms with Gasteiger partial charge in [-0.1, -0.05) is 57.2 Å². The number of aliphatic hydroxyl groups is 1. The molecule has 16 heteroatoms. The summed E-state index contributed by atoms with van der Waals surface area (Å²) in [6, 6.07) is 11.3. The van der Waals surface area contributed by atoms with Gasteiger partial charge in [0.15, 0.2) is 29.4 Å². The van der Waals surface area contributed by atoms with Gasteiger partial charge in [-0.05, 0) is 30.7 Å². The van der Waals surface area contributed by atoms with E-state index in [1.54, 1.807) is 38.2 Å². The predicted octanol–water partition coefficient (Wildman–Crippen LogP) is 5.31. The van der Waals surface area contributed by atoms with Crippen molar-refractivity contribution in [1.82, 2.24) is 24.6 Å². The third-order valence-corrected chi connectivity index (χ3v) is 9.60. The Morgan fingerprint density at radius 2 is 1.96 bits per heavy atom. The number of aromatic nitrogens is 4. The van der Waals surface area contributed by atoms with E-state index in [4.69, 9.17) is 30.1 Å². The molecular formula is C31H39ClFN6O7P. The number of nitrogens with one attached hydrogen (secondary N) is 2. The molecule has 4 aromatic rings. The molecule has 1 fully saturated rings. The average molecular weight is 693 g/mol. The second-order valence-corrected chi connectivity index (χ2v) is 14.6. The second-order valence-electron chi connectivity index (χ2n) is 12.6. The number of nitrogens with zero attached hydrogens (tertiary/aromatic N) is 4. The number of esters is 1. The lowest BCUT2D eigenvalue weighted by Crippen LogP contribution is -2.48. The molecule has 254 valence electrons. The summed E-state index contributed by atoms with van der Waals surface area (Å²) >= 11 is 6.33. The Balaban J connectivity index is 1.44. The normalized spacial score (nSPS) is 23.5. The molecule has 13 nitrogen and oxygen atoms in total. The number of fused-ring (bicyclic) bond motifs is 2. The molecule has 5 rings (SSSR count). The van der Waals surface area contributed by atoms with Crippen molar-refractivity contribution in [3.8, 4) is 5.75 Å². The lowest BCUT2D eigenvalue weighted by atomic mass is 9.99. The van der Waals surface area contributed by atoms with Crippen LogP contribution in [0.4, 0.5) is 10.2 Å². The number of anilines is 1. The molecular weight excluding hydrogens is 654 g/mol. The van der Waals surface area contributed by atoms with Gasteiger partial charge in [-0.2, -0.15) is 5.09 Å². The Kier molecular flexibility index (Phi) is 10.1. The highest BCUT2D eigenvalue weighted by Crippen LogP contribution is 2.50. The SMILES string of the molecule is CNc1nc(C)nc2c1ncn2[C@@H]1O[C@](CCl)(COP(=O)(N[C@H](C)C(=O)OCC(C)(C)C)Oc2cccc3ccccc23)[C@@H](O)[C@H]1F. The number of aryl methyl sites for hydroxylation is 1. The summed E-state index contributed by atoms with van der Waals surface area (Å²) in [4.78, 5) is 25.9. The molecule has 2 aromatic carbocycles. The first kappa shape index (κ1) is 34.9. The maximum atomic E-state index is 15.9. The van der Waals surface area contributed by atoms with Crippen LogP contribution in [0.5, 0.6) is 5.75 Å². The molecule has 1 unspecified atom stereocenters. The van der Waals surface area contributed by atoms with Gasteiger partial charge in [0.1, 0.15) is 29.3 Å². The zero-order chi connectivity index (χ0) is 34.1. The van der Waals surface area contributed by atoms with E-state index in [1.165, 1.54) is 17.8 Å². The van der Waals surface area contributed by atoms with Crippen molar-refractivity contribution in [2.75, 3.05) is 31.5 Å². The van der Waals surface area contributed by atoms with E-state index in [-0.39, 0.29) is 23.4 Å². The topological polar surface area (TPSA) is 159 Å². The first-order chi connectivity index (χ1) is 22.2. The van der Waals surface area contributed by atoms with Crippen molar-refractivity contribution in [1.29, 1.82) is 0 Å². The molecule has 6 atom stereocenters. The van der Waals surface area contributed by atoms with Crippen molar-refractivity contribution >= 4 is 53.1 Å². The number of imidazole rings is 1. The largest absolute Gasteiger partial charge is 0.464 e. The van der Waals surface area contributed by atoms with Crippen LogP contribution in [0.15, 0.2) is 48.8 Å². The monoisotopic (exact) mass is 692 g/mol. The van der Waals surface area contributed by atoms with E-state index < -0.39 is 56.3 Å². The Morgan fingerprint density at radius 3 is 2.66 bits per heavy atom. The fraction of sp³-hybridized carbons (Fsp3) is 0.484. The summed E-state index contributed by atoms with van der Waals surface area (Å²) in [6.45, 7) is 8.26. The molecule has 0 bridgehead atoms. The summed E-state index contributed by atoms with van der Waals surface area (Å²) in [5, 5.41) is 18.2.